The number of fused-ring (bicyclic) bond motifs is 1. The van der Waals surface area contributed by atoms with Crippen molar-refractivity contribution in [3.63, 3.8) is 0 Å². The van der Waals surface area contributed by atoms with Gasteiger partial charge in [0.1, 0.15) is 23.0 Å². The summed E-state index contributed by atoms with van der Waals surface area (Å²) in [5.41, 5.74) is 3.33. The zero-order chi connectivity index (χ0) is 21.0. The number of benzene rings is 3. The second-order valence-electron chi connectivity index (χ2n) is 7.18. The van der Waals surface area contributed by atoms with E-state index >= 15 is 0 Å². The Bertz CT molecular complexity index is 978. The molecule has 0 saturated carbocycles. The molecule has 0 bridgehead atoms. The molecule has 0 fully saturated rings. The average Bonchev–Trinajstić information content (AvgIpc) is 2.72. The zero-order valence-corrected chi connectivity index (χ0v) is 18.0. The second kappa shape index (κ2) is 8.95. The summed E-state index contributed by atoms with van der Waals surface area (Å²) in [4.78, 5) is 0. The van der Waals surface area contributed by atoms with E-state index in [0.29, 0.717) is 0 Å². The highest BCUT2D eigenvalue weighted by atomic mass is 16.5. The predicted molar refractivity (Wildman–Crippen MR) is 118 cm³/mol. The Hall–Kier alpha value is -3.08. The lowest BCUT2D eigenvalue weighted by molar-refractivity contribution is 0.393. The molecule has 0 saturated heterocycles. The van der Waals surface area contributed by atoms with Crippen molar-refractivity contribution in [2.75, 3.05) is 33.8 Å². The molecule has 0 spiro atoms. The van der Waals surface area contributed by atoms with Crippen molar-refractivity contribution in [3.8, 4) is 23.0 Å². The third kappa shape index (κ3) is 4.50. The van der Waals surface area contributed by atoms with Gasteiger partial charge in [0.2, 0.25) is 0 Å². The van der Waals surface area contributed by atoms with Gasteiger partial charge in [0.15, 0.2) is 0 Å². The number of anilines is 1. The summed E-state index contributed by atoms with van der Waals surface area (Å²) in [5.74, 6) is 3.20. The van der Waals surface area contributed by atoms with Gasteiger partial charge in [0.05, 0.1) is 33.8 Å². The van der Waals surface area contributed by atoms with E-state index in [1.807, 2.05) is 30.3 Å². The van der Waals surface area contributed by atoms with E-state index in [1.165, 1.54) is 0 Å². The highest BCUT2D eigenvalue weighted by molar-refractivity contribution is 6.02. The summed E-state index contributed by atoms with van der Waals surface area (Å²) in [5, 5.41) is 5.70. The molecular weight excluding hydrogens is 366 g/mol. The molecule has 5 nitrogen and oxygen atoms in total. The second-order valence-corrected chi connectivity index (χ2v) is 7.18. The van der Waals surface area contributed by atoms with Crippen LogP contribution in [0.25, 0.3) is 10.8 Å². The fraction of sp³-hybridized carbons (Fsp3) is 0.333. The summed E-state index contributed by atoms with van der Waals surface area (Å²) in [7, 11) is 6.70. The molecule has 0 heterocycles. The molecule has 0 aliphatic carbocycles. The third-order valence-electron chi connectivity index (χ3n) is 4.98. The number of methoxy groups -OCH3 is 4. The van der Waals surface area contributed by atoms with Gasteiger partial charge in [0.25, 0.3) is 0 Å². The van der Waals surface area contributed by atoms with Gasteiger partial charge in [-0.1, -0.05) is 0 Å². The number of rotatable bonds is 8. The van der Waals surface area contributed by atoms with E-state index < -0.39 is 0 Å². The molecule has 1 N–H and O–H groups in total. The molecule has 0 aliphatic rings. The first-order valence-corrected chi connectivity index (χ1v) is 9.62. The van der Waals surface area contributed by atoms with Crippen LogP contribution in [0.4, 0.5) is 5.69 Å². The predicted octanol–water partition coefficient (Wildman–Crippen LogP) is 5.23. The van der Waals surface area contributed by atoms with Crippen LogP contribution in [0, 0.1) is 6.92 Å². The van der Waals surface area contributed by atoms with Crippen LogP contribution in [-0.2, 0) is 6.42 Å². The summed E-state index contributed by atoms with van der Waals surface area (Å²) in [6.45, 7) is 4.23. The number of hydrogen-bond donors (Lipinski definition) is 1. The highest BCUT2D eigenvalue weighted by Crippen LogP contribution is 2.39. The third-order valence-corrected chi connectivity index (χ3v) is 4.98. The van der Waals surface area contributed by atoms with Crippen molar-refractivity contribution in [3.05, 3.63) is 53.6 Å². The van der Waals surface area contributed by atoms with Gasteiger partial charge in [-0.25, -0.2) is 0 Å². The monoisotopic (exact) mass is 395 g/mol. The Kier molecular flexibility index (Phi) is 6.37. The number of nitrogens with one attached hydrogen (secondary N) is 1. The molecule has 3 aromatic carbocycles. The molecule has 0 radical (unpaired) electrons. The zero-order valence-electron chi connectivity index (χ0n) is 18.0. The van der Waals surface area contributed by atoms with Crippen molar-refractivity contribution in [1.29, 1.82) is 0 Å². The van der Waals surface area contributed by atoms with E-state index in [2.05, 4.69) is 31.3 Å². The van der Waals surface area contributed by atoms with Gasteiger partial charge >= 0.3 is 0 Å². The molecule has 0 aromatic heterocycles. The fourth-order valence-electron chi connectivity index (χ4n) is 3.66. The van der Waals surface area contributed by atoms with Crippen molar-refractivity contribution in [2.45, 2.75) is 26.3 Å². The van der Waals surface area contributed by atoms with Crippen LogP contribution >= 0.6 is 0 Å². The van der Waals surface area contributed by atoms with Gasteiger partial charge < -0.3 is 24.3 Å². The molecular formula is C24H29NO4. The van der Waals surface area contributed by atoms with Crippen LogP contribution in [-0.4, -0.2) is 34.5 Å². The van der Waals surface area contributed by atoms with Gasteiger partial charge in [-0.15, -0.1) is 0 Å². The molecule has 1 atom stereocenters. The van der Waals surface area contributed by atoms with Gasteiger partial charge in [-0.05, 0) is 67.8 Å². The van der Waals surface area contributed by atoms with Crippen LogP contribution in [0.2, 0.25) is 0 Å². The first kappa shape index (κ1) is 20.6. The Morgan fingerprint density at radius 3 is 2.03 bits per heavy atom. The lowest BCUT2D eigenvalue weighted by atomic mass is 10.0. The molecule has 5 heteroatoms. The average molecular weight is 395 g/mol. The number of hydrogen-bond acceptors (Lipinski definition) is 5. The molecule has 3 rings (SSSR count). The van der Waals surface area contributed by atoms with E-state index in [-0.39, 0.29) is 6.04 Å². The van der Waals surface area contributed by atoms with Crippen molar-refractivity contribution in [1.82, 2.24) is 0 Å². The van der Waals surface area contributed by atoms with E-state index in [4.69, 9.17) is 18.9 Å². The molecule has 0 amide bonds. The smallest absolute Gasteiger partial charge is 0.130 e. The Balaban J connectivity index is 1.93. The first-order valence-electron chi connectivity index (χ1n) is 9.62. The summed E-state index contributed by atoms with van der Waals surface area (Å²) >= 11 is 0. The quantitative estimate of drug-likeness (QED) is 0.566. The van der Waals surface area contributed by atoms with Crippen molar-refractivity contribution < 1.29 is 18.9 Å². The topological polar surface area (TPSA) is 49.0 Å². The highest BCUT2D eigenvalue weighted by Gasteiger charge is 2.15. The maximum absolute atomic E-state index is 5.62. The van der Waals surface area contributed by atoms with Crippen LogP contribution in [0.3, 0.4) is 0 Å². The maximum Gasteiger partial charge on any atom is 0.130 e. The Labute approximate surface area is 172 Å². The van der Waals surface area contributed by atoms with Crippen LogP contribution in [0.15, 0.2) is 42.5 Å². The lowest BCUT2D eigenvalue weighted by Gasteiger charge is -2.20. The summed E-state index contributed by atoms with van der Waals surface area (Å²) in [6.07, 6.45) is 0.823. The van der Waals surface area contributed by atoms with Crippen LogP contribution in [0.5, 0.6) is 23.0 Å². The lowest BCUT2D eigenvalue weighted by Crippen LogP contribution is -2.18. The minimum Gasteiger partial charge on any atom is -0.497 e. The standard InChI is InChI=1S/C24H29NO4/c1-15-9-20-21(7-8-22(28-5)24(20)23(10-15)29-6)25-16(2)11-17-12-18(26-3)14-19(13-17)27-4/h7-10,12-14,16,25H,11H2,1-6H3/t16-/m1/s1. The number of aryl methyl sites for hydroxylation is 1. The largest absolute Gasteiger partial charge is 0.497 e. The van der Waals surface area contributed by atoms with E-state index in [1.54, 1.807) is 28.4 Å². The van der Waals surface area contributed by atoms with Gasteiger partial charge in [-0.3, -0.25) is 0 Å². The summed E-state index contributed by atoms with van der Waals surface area (Å²) < 4.78 is 22.0. The fourth-order valence-corrected chi connectivity index (χ4v) is 3.66. The van der Waals surface area contributed by atoms with Crippen LogP contribution in [0.1, 0.15) is 18.1 Å². The molecule has 154 valence electrons. The molecule has 0 unspecified atom stereocenters. The van der Waals surface area contributed by atoms with E-state index in [0.717, 1.165) is 57.0 Å². The maximum atomic E-state index is 5.62. The SMILES string of the molecule is COc1cc(C[C@@H](C)Nc2ccc(OC)c3c(OC)cc(C)cc23)cc(OC)c1. The van der Waals surface area contributed by atoms with Gasteiger partial charge in [0, 0.05) is 23.2 Å². The molecule has 3 aromatic rings. The minimum atomic E-state index is 0.190. The normalized spacial score (nSPS) is 11.8. The van der Waals surface area contributed by atoms with Crippen molar-refractivity contribution in [2.24, 2.45) is 0 Å². The first-order chi connectivity index (χ1) is 14.0. The Morgan fingerprint density at radius 2 is 1.45 bits per heavy atom. The molecule has 29 heavy (non-hydrogen) atoms. The molecule has 0 aliphatic heterocycles. The van der Waals surface area contributed by atoms with Crippen LogP contribution < -0.4 is 24.3 Å². The Morgan fingerprint density at radius 1 is 0.793 bits per heavy atom. The van der Waals surface area contributed by atoms with E-state index in [9.17, 15) is 0 Å². The number of ether oxygens (including phenoxy) is 4. The minimum absolute atomic E-state index is 0.190. The summed E-state index contributed by atoms with van der Waals surface area (Å²) in [6, 6.07) is 14.4. The van der Waals surface area contributed by atoms with Gasteiger partial charge in [-0.2, -0.15) is 0 Å². The van der Waals surface area contributed by atoms with Crippen molar-refractivity contribution >= 4 is 16.5 Å².